The predicted molar refractivity (Wildman–Crippen MR) is 128 cm³/mol. The molecule has 33 heavy (non-hydrogen) atoms. The number of para-hydroxylation sites is 2. The van der Waals surface area contributed by atoms with Crippen molar-refractivity contribution >= 4 is 23.1 Å². The van der Waals surface area contributed by atoms with E-state index in [2.05, 4.69) is 12.2 Å². The summed E-state index contributed by atoms with van der Waals surface area (Å²) < 4.78 is 16.5. The summed E-state index contributed by atoms with van der Waals surface area (Å²) in [6, 6.07) is 14.5. The maximum atomic E-state index is 13.4. The molecule has 1 aliphatic heterocycles. The highest BCUT2D eigenvalue weighted by Crippen LogP contribution is 2.34. The molecule has 0 aliphatic carbocycles. The highest BCUT2D eigenvalue weighted by Gasteiger charge is 2.39. The lowest BCUT2D eigenvalue weighted by Gasteiger charge is -2.16. The minimum atomic E-state index is -0.356. The van der Waals surface area contributed by atoms with Gasteiger partial charge in [0, 0.05) is 19.8 Å². The fourth-order valence-corrected chi connectivity index (χ4v) is 3.58. The van der Waals surface area contributed by atoms with Crippen LogP contribution in [0.3, 0.4) is 0 Å². The first-order valence-electron chi connectivity index (χ1n) is 11.4. The molecule has 7 heteroatoms. The van der Waals surface area contributed by atoms with Crippen LogP contribution in [0.2, 0.25) is 0 Å². The zero-order valence-corrected chi connectivity index (χ0v) is 19.6. The molecule has 0 spiro atoms. The minimum absolute atomic E-state index is 0.240. The maximum Gasteiger partial charge on any atom is 0.278 e. The summed E-state index contributed by atoms with van der Waals surface area (Å²) in [5.41, 5.74) is 1.85. The number of hydrogen-bond acceptors (Lipinski definition) is 6. The van der Waals surface area contributed by atoms with Gasteiger partial charge in [-0.2, -0.15) is 0 Å². The van der Waals surface area contributed by atoms with E-state index in [1.807, 2.05) is 31.2 Å². The molecule has 7 nitrogen and oxygen atoms in total. The van der Waals surface area contributed by atoms with Gasteiger partial charge in [-0.15, -0.1) is 0 Å². The number of ether oxygens (including phenoxy) is 3. The zero-order chi connectivity index (χ0) is 23.6. The Morgan fingerprint density at radius 1 is 0.909 bits per heavy atom. The van der Waals surface area contributed by atoms with Gasteiger partial charge in [0.25, 0.3) is 11.8 Å². The van der Waals surface area contributed by atoms with Gasteiger partial charge in [0.1, 0.15) is 17.2 Å². The van der Waals surface area contributed by atoms with Crippen LogP contribution >= 0.6 is 0 Å². The molecule has 0 aromatic heterocycles. The molecule has 0 radical (unpaired) electrons. The van der Waals surface area contributed by atoms with E-state index in [1.165, 1.54) is 4.90 Å². The Bertz CT molecular complexity index is 984. The fraction of sp³-hybridized carbons (Fsp3) is 0.385. The van der Waals surface area contributed by atoms with Gasteiger partial charge in [-0.05, 0) is 49.6 Å². The van der Waals surface area contributed by atoms with Crippen LogP contribution in [0.25, 0.3) is 5.57 Å². The molecule has 2 aromatic carbocycles. The lowest BCUT2D eigenvalue weighted by atomic mass is 10.0. The molecule has 0 unspecified atom stereocenters. The SMILES string of the molecule is CCCCOCCCN1C(=O)C(Nc2ccccc2OCC)=C(c2ccc(OC)cc2)C1=O. The Hall–Kier alpha value is -3.32. The topological polar surface area (TPSA) is 77.1 Å². The van der Waals surface area contributed by atoms with Gasteiger partial charge in [-0.25, -0.2) is 0 Å². The second-order valence-electron chi connectivity index (χ2n) is 7.61. The third-order valence-electron chi connectivity index (χ3n) is 5.31. The van der Waals surface area contributed by atoms with Crippen molar-refractivity contribution < 1.29 is 23.8 Å². The van der Waals surface area contributed by atoms with E-state index in [-0.39, 0.29) is 17.5 Å². The highest BCUT2D eigenvalue weighted by molar-refractivity contribution is 6.36. The van der Waals surface area contributed by atoms with Crippen molar-refractivity contribution in [1.29, 1.82) is 0 Å². The second-order valence-corrected chi connectivity index (χ2v) is 7.61. The maximum absolute atomic E-state index is 13.4. The Kier molecular flexibility index (Phi) is 8.89. The number of anilines is 1. The molecule has 0 atom stereocenters. The monoisotopic (exact) mass is 452 g/mol. The summed E-state index contributed by atoms with van der Waals surface area (Å²) >= 11 is 0. The molecule has 1 heterocycles. The fourth-order valence-electron chi connectivity index (χ4n) is 3.58. The van der Waals surface area contributed by atoms with E-state index in [4.69, 9.17) is 14.2 Å². The first kappa shape index (κ1) is 24.3. The Morgan fingerprint density at radius 3 is 2.33 bits per heavy atom. The number of methoxy groups -OCH3 is 1. The number of rotatable bonds is 13. The van der Waals surface area contributed by atoms with Gasteiger partial charge in [0.15, 0.2) is 0 Å². The highest BCUT2D eigenvalue weighted by atomic mass is 16.5. The van der Waals surface area contributed by atoms with Crippen molar-refractivity contribution in [3.63, 3.8) is 0 Å². The van der Waals surface area contributed by atoms with Gasteiger partial charge < -0.3 is 19.5 Å². The summed E-state index contributed by atoms with van der Waals surface area (Å²) in [4.78, 5) is 28.0. The second kappa shape index (κ2) is 12.1. The van der Waals surface area contributed by atoms with Crippen LogP contribution in [-0.2, 0) is 14.3 Å². The lowest BCUT2D eigenvalue weighted by Crippen LogP contribution is -2.34. The number of unbranched alkanes of at least 4 members (excludes halogenated alkanes) is 1. The first-order valence-corrected chi connectivity index (χ1v) is 11.4. The number of benzene rings is 2. The molecule has 176 valence electrons. The average molecular weight is 453 g/mol. The van der Waals surface area contributed by atoms with Crippen LogP contribution in [0.5, 0.6) is 11.5 Å². The zero-order valence-electron chi connectivity index (χ0n) is 19.6. The van der Waals surface area contributed by atoms with Crippen LogP contribution < -0.4 is 14.8 Å². The van der Waals surface area contributed by atoms with Crippen molar-refractivity contribution in [2.75, 3.05) is 38.8 Å². The molecule has 1 aliphatic rings. The van der Waals surface area contributed by atoms with Crippen LogP contribution in [0.15, 0.2) is 54.2 Å². The number of carbonyl (C=O) groups is 2. The lowest BCUT2D eigenvalue weighted by molar-refractivity contribution is -0.137. The van der Waals surface area contributed by atoms with Crippen LogP contribution in [-0.4, -0.2) is 50.2 Å². The normalized spacial score (nSPS) is 13.6. The van der Waals surface area contributed by atoms with Crippen molar-refractivity contribution in [3.05, 3.63) is 59.8 Å². The van der Waals surface area contributed by atoms with Gasteiger partial charge in [0.2, 0.25) is 0 Å². The molecule has 2 aromatic rings. The van der Waals surface area contributed by atoms with Gasteiger partial charge >= 0.3 is 0 Å². The van der Waals surface area contributed by atoms with E-state index >= 15 is 0 Å². The largest absolute Gasteiger partial charge is 0.497 e. The molecule has 0 fully saturated rings. The van der Waals surface area contributed by atoms with Gasteiger partial charge in [-0.1, -0.05) is 37.6 Å². The third-order valence-corrected chi connectivity index (χ3v) is 5.31. The Morgan fingerprint density at radius 2 is 1.64 bits per heavy atom. The summed E-state index contributed by atoms with van der Waals surface area (Å²) in [7, 11) is 1.58. The molecular formula is C26H32N2O5. The molecule has 0 saturated heterocycles. The third kappa shape index (κ3) is 5.93. The Labute approximate surface area is 195 Å². The van der Waals surface area contributed by atoms with Crippen molar-refractivity contribution in [2.45, 2.75) is 33.1 Å². The first-order chi connectivity index (χ1) is 16.1. The minimum Gasteiger partial charge on any atom is -0.497 e. The number of amides is 2. The molecule has 0 bridgehead atoms. The summed E-state index contributed by atoms with van der Waals surface area (Å²) in [5.74, 6) is 0.610. The summed E-state index contributed by atoms with van der Waals surface area (Å²) in [6.45, 7) is 5.98. The van der Waals surface area contributed by atoms with Crippen molar-refractivity contribution in [1.82, 2.24) is 4.90 Å². The number of hydrogen-bond donors (Lipinski definition) is 1. The predicted octanol–water partition coefficient (Wildman–Crippen LogP) is 4.49. The van der Waals surface area contributed by atoms with Crippen molar-refractivity contribution in [2.24, 2.45) is 0 Å². The average Bonchev–Trinajstić information content (AvgIpc) is 3.06. The quantitative estimate of drug-likeness (QED) is 0.356. The van der Waals surface area contributed by atoms with Crippen LogP contribution in [0, 0.1) is 0 Å². The number of imide groups is 1. The van der Waals surface area contributed by atoms with E-state index in [0.29, 0.717) is 61.1 Å². The molecular weight excluding hydrogens is 420 g/mol. The summed E-state index contributed by atoms with van der Waals surface area (Å²) in [6.07, 6.45) is 2.65. The van der Waals surface area contributed by atoms with E-state index < -0.39 is 0 Å². The van der Waals surface area contributed by atoms with E-state index in [0.717, 1.165) is 12.8 Å². The van der Waals surface area contributed by atoms with Gasteiger partial charge in [0.05, 0.1) is 25.0 Å². The molecule has 1 N–H and O–H groups in total. The number of carbonyl (C=O) groups excluding carboxylic acids is 2. The van der Waals surface area contributed by atoms with Crippen LogP contribution in [0.4, 0.5) is 5.69 Å². The van der Waals surface area contributed by atoms with E-state index in [9.17, 15) is 9.59 Å². The molecule has 2 amide bonds. The van der Waals surface area contributed by atoms with E-state index in [1.54, 1.807) is 31.4 Å². The molecule has 0 saturated carbocycles. The van der Waals surface area contributed by atoms with Crippen LogP contribution in [0.1, 0.15) is 38.7 Å². The standard InChI is InChI=1S/C26H32N2O5/c1-4-6-17-32-18-9-16-28-25(29)23(19-12-14-20(31-3)15-13-19)24(26(28)30)27-21-10-7-8-11-22(21)33-5-2/h7-8,10-15,27H,4-6,9,16-18H2,1-3H3. The Balaban J connectivity index is 1.87. The van der Waals surface area contributed by atoms with Crippen molar-refractivity contribution in [3.8, 4) is 11.5 Å². The molecule has 3 rings (SSSR count). The summed E-state index contributed by atoms with van der Waals surface area (Å²) in [5, 5.41) is 3.18. The number of nitrogens with zero attached hydrogens (tertiary/aromatic N) is 1. The smallest absolute Gasteiger partial charge is 0.278 e. The van der Waals surface area contributed by atoms with Gasteiger partial charge in [-0.3, -0.25) is 14.5 Å². The number of nitrogens with one attached hydrogen (secondary N) is 1.